The fourth-order valence-electron chi connectivity index (χ4n) is 2.31. The van der Waals surface area contributed by atoms with Gasteiger partial charge >= 0.3 is 0 Å². The van der Waals surface area contributed by atoms with Crippen LogP contribution >= 0.6 is 0 Å². The maximum absolute atomic E-state index is 9.63. The van der Waals surface area contributed by atoms with Gasteiger partial charge in [0, 0.05) is 24.2 Å². The highest BCUT2D eigenvalue weighted by molar-refractivity contribution is 5.31. The van der Waals surface area contributed by atoms with Gasteiger partial charge in [0.2, 0.25) is 0 Å². The van der Waals surface area contributed by atoms with Crippen molar-refractivity contribution in [3.05, 3.63) is 29.8 Å². The van der Waals surface area contributed by atoms with Crippen molar-refractivity contribution in [1.29, 1.82) is 0 Å². The van der Waals surface area contributed by atoms with Gasteiger partial charge in [0.05, 0.1) is 0 Å². The molecule has 16 heavy (non-hydrogen) atoms. The molecule has 0 unspecified atom stereocenters. The van der Waals surface area contributed by atoms with E-state index in [9.17, 15) is 5.11 Å². The van der Waals surface area contributed by atoms with Crippen molar-refractivity contribution in [1.82, 2.24) is 5.32 Å². The number of hydrogen-bond donors (Lipinski definition) is 3. The quantitative estimate of drug-likeness (QED) is 0.727. The van der Waals surface area contributed by atoms with Crippen LogP contribution in [0.4, 0.5) is 0 Å². The molecule has 0 saturated heterocycles. The summed E-state index contributed by atoms with van der Waals surface area (Å²) >= 11 is 0. The van der Waals surface area contributed by atoms with Gasteiger partial charge in [0.15, 0.2) is 0 Å². The lowest BCUT2D eigenvalue weighted by Gasteiger charge is -2.29. The van der Waals surface area contributed by atoms with Gasteiger partial charge in [0.25, 0.3) is 0 Å². The Morgan fingerprint density at radius 3 is 2.75 bits per heavy atom. The molecule has 0 aliphatic heterocycles. The van der Waals surface area contributed by atoms with E-state index in [0.717, 1.165) is 18.4 Å². The largest absolute Gasteiger partial charge is 0.508 e. The van der Waals surface area contributed by atoms with E-state index in [2.05, 4.69) is 5.32 Å². The molecule has 0 aromatic heterocycles. The highest BCUT2D eigenvalue weighted by Gasteiger charge is 2.20. The first-order valence-corrected chi connectivity index (χ1v) is 6.03. The van der Waals surface area contributed by atoms with Crippen LogP contribution < -0.4 is 11.1 Å². The van der Waals surface area contributed by atoms with Gasteiger partial charge in [-0.1, -0.05) is 31.0 Å². The summed E-state index contributed by atoms with van der Waals surface area (Å²) in [5.41, 5.74) is 7.00. The van der Waals surface area contributed by atoms with Crippen molar-refractivity contribution in [2.24, 2.45) is 5.73 Å². The molecular weight excluding hydrogens is 200 g/mol. The van der Waals surface area contributed by atoms with Crippen LogP contribution in [-0.2, 0) is 6.54 Å². The number of hydrogen-bond acceptors (Lipinski definition) is 3. The maximum Gasteiger partial charge on any atom is 0.120 e. The van der Waals surface area contributed by atoms with Gasteiger partial charge in [-0.15, -0.1) is 0 Å². The number of para-hydroxylation sites is 1. The molecule has 0 radical (unpaired) electrons. The minimum atomic E-state index is 0.264. The Hall–Kier alpha value is -1.06. The second-order valence-electron chi connectivity index (χ2n) is 4.56. The Morgan fingerprint density at radius 1 is 1.25 bits per heavy atom. The minimum Gasteiger partial charge on any atom is -0.508 e. The predicted octanol–water partition coefficient (Wildman–Crippen LogP) is 1.75. The molecule has 3 heteroatoms. The fraction of sp³-hybridized carbons (Fsp3) is 0.538. The topological polar surface area (TPSA) is 58.3 Å². The monoisotopic (exact) mass is 220 g/mol. The van der Waals surface area contributed by atoms with Crippen molar-refractivity contribution >= 4 is 0 Å². The summed E-state index contributed by atoms with van der Waals surface area (Å²) in [4.78, 5) is 0. The minimum absolute atomic E-state index is 0.264. The van der Waals surface area contributed by atoms with Crippen LogP contribution in [0.5, 0.6) is 5.75 Å². The van der Waals surface area contributed by atoms with E-state index in [1.165, 1.54) is 12.8 Å². The molecule has 1 aromatic carbocycles. The van der Waals surface area contributed by atoms with E-state index in [0.29, 0.717) is 18.3 Å². The third-order valence-corrected chi connectivity index (χ3v) is 3.37. The molecule has 0 heterocycles. The molecule has 2 atom stereocenters. The highest BCUT2D eigenvalue weighted by atomic mass is 16.3. The standard InChI is InChI=1S/C13H20N2O/c14-11-6-2-3-7-12(11)15-9-10-5-1-4-8-13(10)16/h1,4-5,8,11-12,15-16H,2-3,6-7,9,14H2/t11-,12-/m1/s1. The van der Waals surface area contributed by atoms with Gasteiger partial charge < -0.3 is 16.2 Å². The van der Waals surface area contributed by atoms with Crippen LogP contribution in [0.3, 0.4) is 0 Å². The van der Waals surface area contributed by atoms with Crippen molar-refractivity contribution in [2.45, 2.75) is 44.3 Å². The zero-order valence-corrected chi connectivity index (χ0v) is 9.52. The van der Waals surface area contributed by atoms with E-state index in [1.54, 1.807) is 6.07 Å². The molecule has 88 valence electrons. The van der Waals surface area contributed by atoms with Gasteiger partial charge in [-0.2, -0.15) is 0 Å². The second-order valence-corrected chi connectivity index (χ2v) is 4.56. The highest BCUT2D eigenvalue weighted by Crippen LogP contribution is 2.19. The number of benzene rings is 1. The van der Waals surface area contributed by atoms with Gasteiger partial charge in [-0.25, -0.2) is 0 Å². The van der Waals surface area contributed by atoms with Crippen LogP contribution in [0.1, 0.15) is 31.2 Å². The molecule has 1 aromatic rings. The van der Waals surface area contributed by atoms with E-state index in [1.807, 2.05) is 18.2 Å². The molecule has 0 amide bonds. The van der Waals surface area contributed by atoms with Crippen LogP contribution in [-0.4, -0.2) is 17.2 Å². The average Bonchev–Trinajstić information content (AvgIpc) is 2.30. The van der Waals surface area contributed by atoms with Crippen molar-refractivity contribution in [3.63, 3.8) is 0 Å². The summed E-state index contributed by atoms with van der Waals surface area (Å²) in [6.45, 7) is 0.699. The summed E-state index contributed by atoms with van der Waals surface area (Å²) in [5.74, 6) is 0.361. The summed E-state index contributed by atoms with van der Waals surface area (Å²) < 4.78 is 0. The zero-order valence-electron chi connectivity index (χ0n) is 9.52. The van der Waals surface area contributed by atoms with E-state index >= 15 is 0 Å². The summed E-state index contributed by atoms with van der Waals surface area (Å²) in [7, 11) is 0. The number of nitrogens with two attached hydrogens (primary N) is 1. The van der Waals surface area contributed by atoms with Gasteiger partial charge in [0.1, 0.15) is 5.75 Å². The molecule has 1 aliphatic carbocycles. The number of aromatic hydroxyl groups is 1. The molecule has 3 nitrogen and oxygen atoms in total. The maximum atomic E-state index is 9.63. The lowest BCUT2D eigenvalue weighted by molar-refractivity contribution is 0.325. The molecule has 4 N–H and O–H groups in total. The molecule has 0 spiro atoms. The van der Waals surface area contributed by atoms with Gasteiger partial charge in [-0.05, 0) is 18.9 Å². The summed E-state index contributed by atoms with van der Waals surface area (Å²) in [6, 6.07) is 8.10. The van der Waals surface area contributed by atoms with Crippen LogP contribution in [0.25, 0.3) is 0 Å². The van der Waals surface area contributed by atoms with Gasteiger partial charge in [-0.3, -0.25) is 0 Å². The van der Waals surface area contributed by atoms with Crippen LogP contribution in [0.2, 0.25) is 0 Å². The van der Waals surface area contributed by atoms with E-state index in [4.69, 9.17) is 5.73 Å². The Morgan fingerprint density at radius 2 is 2.00 bits per heavy atom. The number of rotatable bonds is 3. The third kappa shape index (κ3) is 2.74. The van der Waals surface area contributed by atoms with E-state index < -0.39 is 0 Å². The van der Waals surface area contributed by atoms with Crippen molar-refractivity contribution in [3.8, 4) is 5.75 Å². The van der Waals surface area contributed by atoms with Crippen LogP contribution in [0, 0.1) is 0 Å². The fourth-order valence-corrected chi connectivity index (χ4v) is 2.31. The van der Waals surface area contributed by atoms with Crippen molar-refractivity contribution < 1.29 is 5.11 Å². The predicted molar refractivity (Wildman–Crippen MR) is 65.2 cm³/mol. The zero-order chi connectivity index (χ0) is 11.4. The summed E-state index contributed by atoms with van der Waals surface area (Å²) in [5, 5.41) is 13.1. The Labute approximate surface area is 96.7 Å². The molecule has 1 aliphatic rings. The average molecular weight is 220 g/mol. The normalized spacial score (nSPS) is 25.6. The van der Waals surface area contributed by atoms with E-state index in [-0.39, 0.29) is 6.04 Å². The van der Waals surface area contributed by atoms with Crippen molar-refractivity contribution in [2.75, 3.05) is 0 Å². The first kappa shape index (κ1) is 11.4. The Kier molecular flexibility index (Phi) is 3.80. The lowest BCUT2D eigenvalue weighted by Crippen LogP contribution is -2.46. The van der Waals surface area contributed by atoms with Crippen LogP contribution in [0.15, 0.2) is 24.3 Å². The molecule has 0 bridgehead atoms. The smallest absolute Gasteiger partial charge is 0.120 e. The molecule has 1 fully saturated rings. The Bertz CT molecular complexity index is 340. The SMILES string of the molecule is N[C@@H]1CCCC[C@H]1NCc1ccccc1O. The lowest BCUT2D eigenvalue weighted by atomic mass is 9.91. The Balaban J connectivity index is 1.89. The second kappa shape index (κ2) is 5.32. The number of nitrogens with one attached hydrogen (secondary N) is 1. The number of phenols is 1. The molecule has 1 saturated carbocycles. The molecular formula is C13H20N2O. The first-order valence-electron chi connectivity index (χ1n) is 6.03. The first-order chi connectivity index (χ1) is 7.77. The third-order valence-electron chi connectivity index (χ3n) is 3.37. The molecule has 2 rings (SSSR count). The number of phenolic OH excluding ortho intramolecular Hbond substituents is 1. The summed E-state index contributed by atoms with van der Waals surface area (Å²) in [6.07, 6.45) is 4.76.